The van der Waals surface area contributed by atoms with Gasteiger partial charge < -0.3 is 26.2 Å². The van der Waals surface area contributed by atoms with Crippen molar-refractivity contribution in [3.05, 3.63) is 95.0 Å². The molecule has 3 atom stereocenters. The summed E-state index contributed by atoms with van der Waals surface area (Å²) >= 11 is 1.67. The van der Waals surface area contributed by atoms with E-state index in [1.165, 1.54) is 41.5 Å². The van der Waals surface area contributed by atoms with E-state index >= 15 is 0 Å². The molecule has 6 N–H and O–H groups in total. The summed E-state index contributed by atoms with van der Waals surface area (Å²) in [7, 11) is -3.27. The molecule has 3 unspecified atom stereocenters. The number of phenolic OH excluding ortho intramolecular Hbond substituents is 4. The molecule has 0 aliphatic carbocycles. The quantitative estimate of drug-likeness (QED) is 0.0630. The molecule has 0 spiro atoms. The highest BCUT2D eigenvalue weighted by atomic mass is 32.2. The Morgan fingerprint density at radius 3 is 1.44 bits per heavy atom. The third-order valence-electron chi connectivity index (χ3n) is 5.05. The third kappa shape index (κ3) is 13.7. The molecule has 4 aromatic rings. The average molecular weight is 669 g/mol. The Hall–Kier alpha value is -3.92. The van der Waals surface area contributed by atoms with Crippen molar-refractivity contribution in [2.75, 3.05) is 30.8 Å². The van der Waals surface area contributed by atoms with Gasteiger partial charge in [-0.1, -0.05) is 0 Å². The van der Waals surface area contributed by atoms with Gasteiger partial charge in [0.05, 0.1) is 21.4 Å². The summed E-state index contributed by atoms with van der Waals surface area (Å²) in [5, 5.41) is 46.1. The first-order valence-corrected chi connectivity index (χ1v) is 17.7. The van der Waals surface area contributed by atoms with E-state index in [1.807, 2.05) is 18.4 Å². The number of thioether (sulfide) groups is 1. The van der Waals surface area contributed by atoms with E-state index in [-0.39, 0.29) is 17.2 Å². The molecule has 0 aromatic heterocycles. The van der Waals surface area contributed by atoms with Gasteiger partial charge in [-0.25, -0.2) is 0 Å². The zero-order valence-corrected chi connectivity index (χ0v) is 26.8. The molecule has 4 aromatic carbocycles. The minimum absolute atomic E-state index is 0.0270. The Kier molecular flexibility index (Phi) is 16.0. The van der Waals surface area contributed by atoms with Crippen molar-refractivity contribution in [1.29, 1.82) is 0 Å². The number of nitrogens with zero attached hydrogens (tertiary/aromatic N) is 1. The van der Waals surface area contributed by atoms with Crippen LogP contribution in [0.4, 0.5) is 11.4 Å². The van der Waals surface area contributed by atoms with Gasteiger partial charge in [0, 0.05) is 66.0 Å². The van der Waals surface area contributed by atoms with Gasteiger partial charge in [-0.05, 0) is 85.1 Å². The first kappa shape index (κ1) is 37.1. The van der Waals surface area contributed by atoms with Crippen LogP contribution in [0, 0.1) is 10.1 Å². The first-order chi connectivity index (χ1) is 20.2. The van der Waals surface area contributed by atoms with Crippen LogP contribution in [0.2, 0.25) is 0 Å². The highest BCUT2D eigenvalue weighted by molar-refractivity contribution is 7.98. The van der Waals surface area contributed by atoms with Gasteiger partial charge in [0.25, 0.3) is 0 Å². The van der Waals surface area contributed by atoms with E-state index < -0.39 is 48.8 Å². The number of nitro groups is 1. The van der Waals surface area contributed by atoms with Crippen LogP contribution < -0.4 is 5.73 Å². The Morgan fingerprint density at radius 1 is 0.651 bits per heavy atom. The van der Waals surface area contributed by atoms with Crippen LogP contribution in [-0.2, 0) is 32.4 Å². The highest BCUT2D eigenvalue weighted by Gasteiger charge is 2.14. The van der Waals surface area contributed by atoms with Crippen LogP contribution in [0.15, 0.2) is 105 Å². The van der Waals surface area contributed by atoms with Crippen molar-refractivity contribution < 1.29 is 38.0 Å². The van der Waals surface area contributed by atoms with Gasteiger partial charge in [0.1, 0.15) is 17.2 Å². The molecule has 0 amide bonds. The molecule has 0 saturated carbocycles. The van der Waals surface area contributed by atoms with Gasteiger partial charge in [-0.15, -0.1) is 11.8 Å². The largest absolute Gasteiger partial charge is 0.508 e. The summed E-state index contributed by atoms with van der Waals surface area (Å²) in [6.45, 7) is 0. The highest BCUT2D eigenvalue weighted by Crippen LogP contribution is 2.27. The molecule has 0 aliphatic rings. The van der Waals surface area contributed by atoms with Gasteiger partial charge in [-0.2, -0.15) is 0 Å². The van der Waals surface area contributed by atoms with E-state index in [2.05, 4.69) is 0 Å². The number of hydrogen-bond acceptors (Lipinski definition) is 11. The fourth-order valence-electron chi connectivity index (χ4n) is 2.76. The van der Waals surface area contributed by atoms with Crippen molar-refractivity contribution in [3.63, 3.8) is 0 Å². The number of rotatable bonds is 5. The molecule has 0 bridgehead atoms. The number of nitrogens with two attached hydrogens (primary N) is 1. The normalized spacial score (nSPS) is 12.0. The summed E-state index contributed by atoms with van der Waals surface area (Å²) in [5.74, 6) is 0.139. The van der Waals surface area contributed by atoms with Crippen molar-refractivity contribution >= 4 is 55.5 Å². The van der Waals surface area contributed by atoms with Crippen LogP contribution in [0.5, 0.6) is 23.0 Å². The van der Waals surface area contributed by atoms with Crippen molar-refractivity contribution in [2.45, 2.75) is 19.6 Å². The van der Waals surface area contributed by atoms with Crippen molar-refractivity contribution in [1.82, 2.24) is 0 Å². The Morgan fingerprint density at radius 2 is 1.05 bits per heavy atom. The van der Waals surface area contributed by atoms with E-state index in [1.54, 1.807) is 54.6 Å². The van der Waals surface area contributed by atoms with Crippen LogP contribution >= 0.6 is 11.8 Å². The van der Waals surface area contributed by atoms with Gasteiger partial charge in [0.2, 0.25) is 0 Å². The number of hydrogen-bond donors (Lipinski definition) is 5. The lowest BCUT2D eigenvalue weighted by molar-refractivity contribution is -0.386. The van der Waals surface area contributed by atoms with Crippen molar-refractivity contribution in [2.24, 2.45) is 0 Å². The zero-order valence-electron chi connectivity index (χ0n) is 23.6. The predicted octanol–water partition coefficient (Wildman–Crippen LogP) is 4.99. The van der Waals surface area contributed by atoms with Crippen LogP contribution in [0.3, 0.4) is 0 Å². The molecule has 43 heavy (non-hydrogen) atoms. The molecule has 15 heteroatoms. The van der Waals surface area contributed by atoms with Gasteiger partial charge in [-0.3, -0.25) is 22.7 Å². The predicted molar refractivity (Wildman–Crippen MR) is 172 cm³/mol. The molecule has 0 aliphatic heterocycles. The maximum atomic E-state index is 10.9. The van der Waals surface area contributed by atoms with Crippen LogP contribution in [0.1, 0.15) is 0 Å². The molecule has 0 radical (unpaired) electrons. The number of anilines is 1. The fraction of sp³-hybridized carbons (Fsp3) is 0.143. The summed E-state index contributed by atoms with van der Waals surface area (Å²) < 4.78 is 32.6. The molecule has 0 saturated heterocycles. The lowest BCUT2D eigenvalue weighted by Gasteiger charge is -1.99. The molecule has 0 fully saturated rings. The summed E-state index contributed by atoms with van der Waals surface area (Å²) in [4.78, 5) is 12.5. The minimum Gasteiger partial charge on any atom is -0.508 e. The number of nitrogen functional groups attached to an aromatic ring is 1. The van der Waals surface area contributed by atoms with Gasteiger partial charge >= 0.3 is 5.69 Å². The number of benzene rings is 4. The standard InChI is InChI=1S/C7H7NO4S.C7H9NO2S.C7H8O2S.C7H8OS/c1-13(12)5-2-3-7(9)6(4-5)8(10)11;1-11(10)5-2-3-7(9)6(8)4-5;1-10(9)7-4-2-6(8)3-5-7;1-9-7-4-2-6(8)3-5-7/h2-4,9H,1H3;2-4,9H,8H2,1H3;2-5,8H,1H3;2-5,8H,1H3. The maximum absolute atomic E-state index is 10.9. The molecule has 11 nitrogen and oxygen atoms in total. The topological polar surface area (TPSA) is 201 Å². The van der Waals surface area contributed by atoms with E-state index in [9.17, 15) is 22.7 Å². The molecule has 4 rings (SSSR count). The zero-order chi connectivity index (χ0) is 32.7. The van der Waals surface area contributed by atoms with Gasteiger partial charge in [0.15, 0.2) is 5.75 Å². The Labute approximate surface area is 260 Å². The number of aromatic hydroxyl groups is 4. The number of nitro benzene ring substituents is 1. The second kappa shape index (κ2) is 18.6. The lowest BCUT2D eigenvalue weighted by atomic mass is 10.3. The maximum Gasteiger partial charge on any atom is 0.311 e. The van der Waals surface area contributed by atoms with Crippen LogP contribution in [-0.4, -0.2) is 63.0 Å². The first-order valence-electron chi connectivity index (χ1n) is 11.8. The SMILES string of the molecule is CS(=O)c1ccc(O)c(N)c1.CS(=O)c1ccc(O)c([N+](=O)[O-])c1.CS(=O)c1ccc(O)cc1.CSc1ccc(O)cc1. The van der Waals surface area contributed by atoms with E-state index in [0.29, 0.717) is 15.5 Å². The van der Waals surface area contributed by atoms with Crippen molar-refractivity contribution in [3.8, 4) is 23.0 Å². The smallest absolute Gasteiger partial charge is 0.311 e. The molecule has 0 heterocycles. The minimum atomic E-state index is -1.28. The average Bonchev–Trinajstić information content (AvgIpc) is 2.96. The van der Waals surface area contributed by atoms with Crippen LogP contribution in [0.25, 0.3) is 0 Å². The monoisotopic (exact) mass is 668 g/mol. The molecule has 232 valence electrons. The summed E-state index contributed by atoms with van der Waals surface area (Å²) in [6.07, 6.45) is 6.58. The molecular weight excluding hydrogens is 637 g/mol. The van der Waals surface area contributed by atoms with E-state index in [0.717, 1.165) is 17.0 Å². The Bertz CT molecular complexity index is 1570. The summed E-state index contributed by atoms with van der Waals surface area (Å²) in [5.41, 5.74) is 5.21. The summed E-state index contributed by atoms with van der Waals surface area (Å²) in [6, 6.07) is 21.7. The molecular formula is C28H32N2O9S4. The fourth-order valence-corrected chi connectivity index (χ4v) is 4.78. The second-order valence-corrected chi connectivity index (χ2v) is 13.2. The second-order valence-electron chi connectivity index (χ2n) is 8.18. The third-order valence-corrected chi connectivity index (χ3v) is 8.56. The lowest BCUT2D eigenvalue weighted by Crippen LogP contribution is -1.92. The number of phenols is 4. The Balaban J connectivity index is 0.000000289. The van der Waals surface area contributed by atoms with E-state index in [4.69, 9.17) is 26.2 Å².